The number of H-pyrrole nitrogens is 1. The summed E-state index contributed by atoms with van der Waals surface area (Å²) in [6.45, 7) is 9.61. The summed E-state index contributed by atoms with van der Waals surface area (Å²) in [5.41, 5.74) is 2.40. The van der Waals surface area contributed by atoms with Crippen molar-refractivity contribution >= 4 is 11.6 Å². The van der Waals surface area contributed by atoms with Crippen LogP contribution in [0.15, 0.2) is 24.3 Å². The number of aromatic nitrogens is 2. The summed E-state index contributed by atoms with van der Waals surface area (Å²) in [4.78, 5) is 12.3. The summed E-state index contributed by atoms with van der Waals surface area (Å²) < 4.78 is 13.1. The highest BCUT2D eigenvalue weighted by molar-refractivity contribution is 5.98. The Bertz CT molecular complexity index is 666. The number of hydrogen-bond acceptors (Lipinski definition) is 2. The fraction of sp³-hybridized carbons (Fsp3) is 0.412. The Morgan fingerprint density at radius 1 is 1.23 bits per heavy atom. The van der Waals surface area contributed by atoms with Gasteiger partial charge in [0.15, 0.2) is 0 Å². The van der Waals surface area contributed by atoms with Crippen LogP contribution < -0.4 is 5.32 Å². The Morgan fingerprint density at radius 2 is 1.82 bits per heavy atom. The zero-order chi connectivity index (χ0) is 16.5. The van der Waals surface area contributed by atoms with Crippen LogP contribution in [0.3, 0.4) is 0 Å². The van der Waals surface area contributed by atoms with Gasteiger partial charge >= 0.3 is 0 Å². The summed E-state index contributed by atoms with van der Waals surface area (Å²) in [5.74, 6) is -0.209. The quantitative estimate of drug-likeness (QED) is 0.887. The molecule has 1 amide bonds. The lowest BCUT2D eigenvalue weighted by Gasteiger charge is -2.19. The minimum atomic E-state index is -0.508. The van der Waals surface area contributed by atoms with Gasteiger partial charge in [0.25, 0.3) is 0 Å². The first-order valence-corrected chi connectivity index (χ1v) is 7.36. The highest BCUT2D eigenvalue weighted by Crippen LogP contribution is 2.33. The van der Waals surface area contributed by atoms with Crippen LogP contribution in [0.2, 0.25) is 0 Å². The molecule has 1 heterocycles. The average Bonchev–Trinajstić information content (AvgIpc) is 2.82. The van der Waals surface area contributed by atoms with Gasteiger partial charge in [-0.05, 0) is 30.2 Å². The first-order valence-electron chi connectivity index (χ1n) is 7.36. The molecule has 0 saturated heterocycles. The normalized spacial score (nSPS) is 11.8. The number of anilines is 1. The minimum Gasteiger partial charge on any atom is -0.322 e. The van der Waals surface area contributed by atoms with Crippen LogP contribution in [-0.2, 0) is 4.79 Å². The van der Waals surface area contributed by atoms with E-state index in [4.69, 9.17) is 0 Å². The molecule has 0 fully saturated rings. The molecule has 1 aromatic heterocycles. The summed E-state index contributed by atoms with van der Waals surface area (Å²) in [6.07, 6.45) is 0. The van der Waals surface area contributed by atoms with E-state index in [0.29, 0.717) is 11.4 Å². The molecule has 22 heavy (non-hydrogen) atoms. The van der Waals surface area contributed by atoms with Gasteiger partial charge in [0.05, 0.1) is 11.4 Å². The van der Waals surface area contributed by atoms with Gasteiger partial charge in [-0.15, -0.1) is 0 Å². The lowest BCUT2D eigenvalue weighted by atomic mass is 9.95. The van der Waals surface area contributed by atoms with E-state index in [1.54, 1.807) is 12.1 Å². The molecular weight excluding hydrogens is 281 g/mol. The number of nitrogens with one attached hydrogen (secondary N) is 2. The molecule has 0 aliphatic rings. The fourth-order valence-electron chi connectivity index (χ4n) is 2.02. The maximum atomic E-state index is 13.1. The van der Waals surface area contributed by atoms with Crippen molar-refractivity contribution in [1.29, 1.82) is 0 Å². The molecule has 0 spiro atoms. The molecule has 0 aliphatic carbocycles. The lowest BCUT2D eigenvalue weighted by molar-refractivity contribution is -0.123. The van der Waals surface area contributed by atoms with Gasteiger partial charge in [-0.2, -0.15) is 5.10 Å². The van der Waals surface area contributed by atoms with Crippen LogP contribution in [0.5, 0.6) is 0 Å². The second kappa shape index (κ2) is 5.91. The Balaban J connectivity index is 2.47. The summed E-state index contributed by atoms with van der Waals surface area (Å²) in [7, 11) is 0. The number of amides is 1. The van der Waals surface area contributed by atoms with E-state index in [1.165, 1.54) is 12.1 Å². The van der Waals surface area contributed by atoms with Crippen molar-refractivity contribution in [1.82, 2.24) is 10.2 Å². The molecule has 0 unspecified atom stereocenters. The number of hydrogen-bond donors (Lipinski definition) is 2. The molecule has 0 atom stereocenters. The Morgan fingerprint density at radius 3 is 2.32 bits per heavy atom. The number of carbonyl (C=O) groups excluding carboxylic acids is 1. The number of nitrogens with zero attached hydrogens (tertiary/aromatic N) is 1. The summed E-state index contributed by atoms with van der Waals surface area (Å²) >= 11 is 0. The van der Waals surface area contributed by atoms with Crippen LogP contribution in [0.4, 0.5) is 10.1 Å². The monoisotopic (exact) mass is 303 g/mol. The SMILES string of the molecule is CC(C)c1[nH]nc(-c2ccc(F)cc2)c1NC(=O)C(C)(C)C. The highest BCUT2D eigenvalue weighted by atomic mass is 19.1. The van der Waals surface area contributed by atoms with Crippen LogP contribution in [0, 0.1) is 11.2 Å². The first-order chi connectivity index (χ1) is 10.2. The van der Waals surface area contributed by atoms with E-state index in [-0.39, 0.29) is 17.6 Å². The van der Waals surface area contributed by atoms with E-state index in [1.807, 2.05) is 34.6 Å². The third kappa shape index (κ3) is 3.35. The second-order valence-electron chi connectivity index (χ2n) is 6.73. The number of benzene rings is 1. The molecule has 5 heteroatoms. The largest absolute Gasteiger partial charge is 0.322 e. The number of carbonyl (C=O) groups is 1. The summed E-state index contributed by atoms with van der Waals surface area (Å²) in [6, 6.07) is 6.08. The van der Waals surface area contributed by atoms with Gasteiger partial charge in [0, 0.05) is 11.0 Å². The van der Waals surface area contributed by atoms with Crippen molar-refractivity contribution in [3.63, 3.8) is 0 Å². The molecule has 0 bridgehead atoms. The fourth-order valence-corrected chi connectivity index (χ4v) is 2.02. The maximum absolute atomic E-state index is 13.1. The predicted molar refractivity (Wildman–Crippen MR) is 86.2 cm³/mol. The molecular formula is C17H22FN3O. The minimum absolute atomic E-state index is 0.0841. The van der Waals surface area contributed by atoms with Gasteiger partial charge in [-0.3, -0.25) is 9.89 Å². The van der Waals surface area contributed by atoms with Crippen molar-refractivity contribution in [2.45, 2.75) is 40.5 Å². The van der Waals surface area contributed by atoms with Crippen molar-refractivity contribution < 1.29 is 9.18 Å². The second-order valence-corrected chi connectivity index (χ2v) is 6.73. The zero-order valence-corrected chi connectivity index (χ0v) is 13.6. The molecule has 2 N–H and O–H groups in total. The van der Waals surface area contributed by atoms with Crippen molar-refractivity contribution in [2.75, 3.05) is 5.32 Å². The average molecular weight is 303 g/mol. The van der Waals surface area contributed by atoms with Gasteiger partial charge in [-0.1, -0.05) is 34.6 Å². The molecule has 0 radical (unpaired) electrons. The highest BCUT2D eigenvalue weighted by Gasteiger charge is 2.25. The molecule has 0 saturated carbocycles. The van der Waals surface area contributed by atoms with Crippen LogP contribution >= 0.6 is 0 Å². The van der Waals surface area contributed by atoms with Gasteiger partial charge in [-0.25, -0.2) is 4.39 Å². The maximum Gasteiger partial charge on any atom is 0.229 e. The Hall–Kier alpha value is -2.17. The molecule has 2 aromatic rings. The van der Waals surface area contributed by atoms with E-state index in [9.17, 15) is 9.18 Å². The molecule has 118 valence electrons. The van der Waals surface area contributed by atoms with Crippen molar-refractivity contribution in [2.24, 2.45) is 5.41 Å². The van der Waals surface area contributed by atoms with Crippen LogP contribution in [-0.4, -0.2) is 16.1 Å². The molecule has 4 nitrogen and oxygen atoms in total. The molecule has 2 rings (SSSR count). The standard InChI is InChI=1S/C17H22FN3O/c1-10(2)13-15(19-16(22)17(3,4)5)14(21-20-13)11-6-8-12(18)9-7-11/h6-10H,1-5H3,(H,19,22)(H,20,21). The van der Waals surface area contributed by atoms with Gasteiger partial charge in [0.2, 0.25) is 5.91 Å². The third-order valence-electron chi connectivity index (χ3n) is 3.41. The first kappa shape index (κ1) is 16.2. The van der Waals surface area contributed by atoms with Gasteiger partial charge < -0.3 is 5.32 Å². The topological polar surface area (TPSA) is 57.8 Å². The Labute approximate surface area is 130 Å². The summed E-state index contributed by atoms with van der Waals surface area (Å²) in [5, 5.41) is 10.3. The number of aromatic amines is 1. The van der Waals surface area contributed by atoms with E-state index >= 15 is 0 Å². The van der Waals surface area contributed by atoms with Crippen LogP contribution in [0.25, 0.3) is 11.3 Å². The van der Waals surface area contributed by atoms with E-state index in [2.05, 4.69) is 15.5 Å². The van der Waals surface area contributed by atoms with Crippen LogP contribution in [0.1, 0.15) is 46.2 Å². The predicted octanol–water partition coefficient (Wildman–Crippen LogP) is 4.32. The smallest absolute Gasteiger partial charge is 0.229 e. The Kier molecular flexibility index (Phi) is 4.35. The van der Waals surface area contributed by atoms with E-state index in [0.717, 1.165) is 11.3 Å². The number of rotatable bonds is 3. The molecule has 1 aromatic carbocycles. The third-order valence-corrected chi connectivity index (χ3v) is 3.41. The van der Waals surface area contributed by atoms with E-state index < -0.39 is 5.41 Å². The zero-order valence-electron chi connectivity index (χ0n) is 13.6. The van der Waals surface area contributed by atoms with Crippen molar-refractivity contribution in [3.05, 3.63) is 35.8 Å². The lowest BCUT2D eigenvalue weighted by Crippen LogP contribution is -2.28. The van der Waals surface area contributed by atoms with Crippen molar-refractivity contribution in [3.8, 4) is 11.3 Å². The molecule has 0 aliphatic heterocycles. The number of halogens is 1. The van der Waals surface area contributed by atoms with Gasteiger partial charge in [0.1, 0.15) is 11.5 Å².